The van der Waals surface area contributed by atoms with Crippen LogP contribution < -0.4 is 10.2 Å². The van der Waals surface area contributed by atoms with E-state index in [4.69, 9.17) is 0 Å². The predicted molar refractivity (Wildman–Crippen MR) is 111 cm³/mol. The van der Waals surface area contributed by atoms with Gasteiger partial charge in [-0.3, -0.25) is 9.59 Å². The Bertz CT molecular complexity index is 779. The van der Waals surface area contributed by atoms with E-state index in [1.54, 1.807) is 22.1 Å². The van der Waals surface area contributed by atoms with E-state index in [0.29, 0.717) is 37.6 Å². The van der Waals surface area contributed by atoms with E-state index < -0.39 is 0 Å². The van der Waals surface area contributed by atoms with Gasteiger partial charge >= 0.3 is 0 Å². The first-order chi connectivity index (χ1) is 13.6. The first-order valence-corrected chi connectivity index (χ1v) is 9.71. The molecule has 0 aliphatic carbocycles. The van der Waals surface area contributed by atoms with Crippen LogP contribution in [0.15, 0.2) is 42.6 Å². The molecule has 1 aliphatic rings. The number of nitrogens with one attached hydrogen (secondary N) is 1. The summed E-state index contributed by atoms with van der Waals surface area (Å²) in [5, 5.41) is 3.27. The van der Waals surface area contributed by atoms with Crippen LogP contribution in [0.5, 0.6) is 0 Å². The van der Waals surface area contributed by atoms with E-state index in [1.165, 1.54) is 5.69 Å². The van der Waals surface area contributed by atoms with Crippen LogP contribution in [0.2, 0.25) is 0 Å². The van der Waals surface area contributed by atoms with Crippen molar-refractivity contribution in [3.63, 3.8) is 0 Å². The number of nitrogens with zero attached hydrogens (tertiary/aromatic N) is 4. The van der Waals surface area contributed by atoms with Crippen molar-refractivity contribution < 1.29 is 9.59 Å². The SMILES string of the molecule is CCN(CC)c1ccc(Nc2ccc(C(=O)N3CCN(C=O)CC3)cn2)cc1. The number of carbonyl (C=O) groups is 2. The molecule has 0 radical (unpaired) electrons. The number of piperazine rings is 1. The fraction of sp³-hybridized carbons (Fsp3) is 0.381. The standard InChI is InChI=1S/C21H27N5O2/c1-3-25(4-2)19-8-6-18(7-9-19)23-20-10-5-17(15-22-20)21(28)26-13-11-24(16-27)12-14-26/h5-10,15-16H,3-4,11-14H2,1-2H3,(H,22,23). The lowest BCUT2D eigenvalue weighted by atomic mass is 10.2. The first-order valence-electron chi connectivity index (χ1n) is 9.71. The predicted octanol–water partition coefficient (Wildman–Crippen LogP) is 2.59. The molecule has 2 amide bonds. The van der Waals surface area contributed by atoms with Crippen molar-refractivity contribution in [2.45, 2.75) is 13.8 Å². The molecule has 3 rings (SSSR count). The molecule has 1 aromatic carbocycles. The molecule has 0 unspecified atom stereocenters. The zero-order valence-corrected chi connectivity index (χ0v) is 16.5. The number of amides is 2. The fourth-order valence-electron chi connectivity index (χ4n) is 3.30. The number of rotatable bonds is 7. The minimum atomic E-state index is -0.0480. The molecule has 1 aromatic heterocycles. The van der Waals surface area contributed by atoms with Crippen molar-refractivity contribution in [1.29, 1.82) is 0 Å². The Kier molecular flexibility index (Phi) is 6.47. The molecule has 0 atom stereocenters. The summed E-state index contributed by atoms with van der Waals surface area (Å²) in [5.74, 6) is 0.645. The molecule has 7 nitrogen and oxygen atoms in total. The Morgan fingerprint density at radius 2 is 1.75 bits per heavy atom. The zero-order valence-electron chi connectivity index (χ0n) is 16.5. The Morgan fingerprint density at radius 3 is 2.29 bits per heavy atom. The van der Waals surface area contributed by atoms with Gasteiger partial charge in [0.05, 0.1) is 5.56 Å². The van der Waals surface area contributed by atoms with E-state index >= 15 is 0 Å². The fourth-order valence-corrected chi connectivity index (χ4v) is 3.30. The third kappa shape index (κ3) is 4.60. The van der Waals surface area contributed by atoms with E-state index in [-0.39, 0.29) is 5.91 Å². The maximum absolute atomic E-state index is 12.6. The van der Waals surface area contributed by atoms with Crippen molar-refractivity contribution in [2.75, 3.05) is 49.5 Å². The van der Waals surface area contributed by atoms with Gasteiger partial charge in [-0.1, -0.05) is 0 Å². The summed E-state index contributed by atoms with van der Waals surface area (Å²) in [5.41, 5.74) is 2.70. The molecule has 0 bridgehead atoms. The highest BCUT2D eigenvalue weighted by Crippen LogP contribution is 2.20. The number of hydrogen-bond acceptors (Lipinski definition) is 5. The van der Waals surface area contributed by atoms with Gasteiger partial charge in [-0.25, -0.2) is 4.98 Å². The molecule has 1 saturated heterocycles. The van der Waals surface area contributed by atoms with Gasteiger partial charge in [0.2, 0.25) is 6.41 Å². The van der Waals surface area contributed by atoms with Crippen molar-refractivity contribution in [3.8, 4) is 0 Å². The second kappa shape index (κ2) is 9.21. The molecule has 1 aliphatic heterocycles. The van der Waals surface area contributed by atoms with Gasteiger partial charge in [-0.05, 0) is 50.2 Å². The smallest absolute Gasteiger partial charge is 0.255 e. The van der Waals surface area contributed by atoms with Crippen molar-refractivity contribution in [3.05, 3.63) is 48.2 Å². The van der Waals surface area contributed by atoms with Crippen LogP contribution in [0.25, 0.3) is 0 Å². The number of pyridine rings is 1. The third-order valence-corrected chi connectivity index (χ3v) is 5.03. The summed E-state index contributed by atoms with van der Waals surface area (Å²) in [6, 6.07) is 11.8. The topological polar surface area (TPSA) is 68.8 Å². The molecule has 148 valence electrons. The number of hydrogen-bond donors (Lipinski definition) is 1. The largest absolute Gasteiger partial charge is 0.372 e. The van der Waals surface area contributed by atoms with Crippen LogP contribution in [0.1, 0.15) is 24.2 Å². The van der Waals surface area contributed by atoms with Crippen LogP contribution >= 0.6 is 0 Å². The lowest BCUT2D eigenvalue weighted by Gasteiger charge is -2.32. The number of aromatic nitrogens is 1. The minimum Gasteiger partial charge on any atom is -0.372 e. The van der Waals surface area contributed by atoms with Gasteiger partial charge in [0.15, 0.2) is 0 Å². The quantitative estimate of drug-likeness (QED) is 0.747. The van der Waals surface area contributed by atoms with Crippen molar-refractivity contribution in [1.82, 2.24) is 14.8 Å². The van der Waals surface area contributed by atoms with Crippen LogP contribution in [-0.4, -0.2) is 66.4 Å². The lowest BCUT2D eigenvalue weighted by molar-refractivity contribution is -0.119. The number of anilines is 3. The van der Waals surface area contributed by atoms with Crippen LogP contribution in [-0.2, 0) is 4.79 Å². The summed E-state index contributed by atoms with van der Waals surface area (Å²) in [7, 11) is 0. The number of benzene rings is 1. The van der Waals surface area contributed by atoms with E-state index in [1.807, 2.05) is 18.2 Å². The monoisotopic (exact) mass is 381 g/mol. The van der Waals surface area contributed by atoms with Crippen LogP contribution in [0, 0.1) is 0 Å². The Hall–Kier alpha value is -3.09. The number of carbonyl (C=O) groups excluding carboxylic acids is 2. The van der Waals surface area contributed by atoms with Crippen molar-refractivity contribution >= 4 is 29.5 Å². The zero-order chi connectivity index (χ0) is 19.9. The Balaban J connectivity index is 1.60. The van der Waals surface area contributed by atoms with Gasteiger partial charge < -0.3 is 20.0 Å². The van der Waals surface area contributed by atoms with Gasteiger partial charge in [0.25, 0.3) is 5.91 Å². The second-order valence-corrected chi connectivity index (χ2v) is 6.71. The molecular formula is C21H27N5O2. The van der Waals surface area contributed by atoms with E-state index in [9.17, 15) is 9.59 Å². The highest BCUT2D eigenvalue weighted by Gasteiger charge is 2.21. The molecule has 28 heavy (non-hydrogen) atoms. The molecule has 2 aromatic rings. The minimum absolute atomic E-state index is 0.0480. The van der Waals surface area contributed by atoms with Gasteiger partial charge in [-0.15, -0.1) is 0 Å². The molecule has 0 saturated carbocycles. The van der Waals surface area contributed by atoms with Gasteiger partial charge in [0.1, 0.15) is 5.82 Å². The molecular weight excluding hydrogens is 354 g/mol. The normalized spacial score (nSPS) is 13.9. The van der Waals surface area contributed by atoms with Gasteiger partial charge in [-0.2, -0.15) is 0 Å². The van der Waals surface area contributed by atoms with Crippen molar-refractivity contribution in [2.24, 2.45) is 0 Å². The lowest BCUT2D eigenvalue weighted by Crippen LogP contribution is -2.48. The summed E-state index contributed by atoms with van der Waals surface area (Å²) in [6.45, 7) is 8.49. The highest BCUT2D eigenvalue weighted by atomic mass is 16.2. The van der Waals surface area contributed by atoms with Gasteiger partial charge in [0, 0.05) is 56.8 Å². The summed E-state index contributed by atoms with van der Waals surface area (Å²) in [4.78, 5) is 33.5. The van der Waals surface area contributed by atoms with Crippen LogP contribution in [0.3, 0.4) is 0 Å². The maximum atomic E-state index is 12.6. The molecule has 7 heteroatoms. The second-order valence-electron chi connectivity index (χ2n) is 6.71. The van der Waals surface area contributed by atoms with E-state index in [0.717, 1.165) is 25.2 Å². The summed E-state index contributed by atoms with van der Waals surface area (Å²) >= 11 is 0. The summed E-state index contributed by atoms with van der Waals surface area (Å²) in [6.07, 6.45) is 2.43. The Morgan fingerprint density at radius 1 is 1.07 bits per heavy atom. The molecule has 2 heterocycles. The Labute approximate surface area is 166 Å². The maximum Gasteiger partial charge on any atom is 0.255 e. The molecule has 1 fully saturated rings. The first kappa shape index (κ1) is 19.7. The van der Waals surface area contributed by atoms with Crippen LogP contribution in [0.4, 0.5) is 17.2 Å². The molecule has 0 spiro atoms. The third-order valence-electron chi connectivity index (χ3n) is 5.03. The average molecular weight is 381 g/mol. The van der Waals surface area contributed by atoms with E-state index in [2.05, 4.69) is 41.2 Å². The highest BCUT2D eigenvalue weighted by molar-refractivity contribution is 5.94. The average Bonchev–Trinajstić information content (AvgIpc) is 2.76. The summed E-state index contributed by atoms with van der Waals surface area (Å²) < 4.78 is 0. The molecule has 1 N–H and O–H groups in total.